The molecule has 1 aliphatic rings. The molecule has 3 rings (SSSR count). The van der Waals surface area contributed by atoms with E-state index in [2.05, 4.69) is 78.8 Å². The molecule has 0 spiro atoms. The molecule has 2 unspecified atom stereocenters. The first-order chi connectivity index (χ1) is 10.2. The molecule has 1 saturated heterocycles. The Morgan fingerprint density at radius 1 is 0.952 bits per heavy atom. The maximum atomic E-state index is 3.68. The summed E-state index contributed by atoms with van der Waals surface area (Å²) in [5.74, 6) is 0. The lowest BCUT2D eigenvalue weighted by atomic mass is 9.98. The Hall–Kier alpha value is -1.80. The largest absolute Gasteiger partial charge is 0.382 e. The van der Waals surface area contributed by atoms with Gasteiger partial charge in [-0.2, -0.15) is 0 Å². The van der Waals surface area contributed by atoms with Crippen LogP contribution in [-0.2, 0) is 0 Å². The van der Waals surface area contributed by atoms with Crippen molar-refractivity contribution in [1.82, 2.24) is 4.90 Å². The van der Waals surface area contributed by atoms with Crippen molar-refractivity contribution in [3.05, 3.63) is 54.6 Å². The van der Waals surface area contributed by atoms with Crippen LogP contribution in [0.1, 0.15) is 19.8 Å². The molecule has 2 aromatic carbocycles. The maximum absolute atomic E-state index is 3.68. The molecule has 1 aliphatic heterocycles. The number of anilines is 1. The third-order valence-electron chi connectivity index (χ3n) is 4.57. The van der Waals surface area contributed by atoms with E-state index in [0.29, 0.717) is 12.1 Å². The normalized spacial score (nSPS) is 23.0. The van der Waals surface area contributed by atoms with Crippen molar-refractivity contribution >= 4 is 5.69 Å². The smallest absolute Gasteiger partial charge is 0.0342 e. The lowest BCUT2D eigenvalue weighted by molar-refractivity contribution is 0.190. The van der Waals surface area contributed by atoms with Crippen LogP contribution >= 0.6 is 0 Å². The molecule has 21 heavy (non-hydrogen) atoms. The minimum absolute atomic E-state index is 0.596. The van der Waals surface area contributed by atoms with Gasteiger partial charge in [0.2, 0.25) is 0 Å². The topological polar surface area (TPSA) is 15.3 Å². The second kappa shape index (κ2) is 6.31. The van der Waals surface area contributed by atoms with E-state index in [1.165, 1.54) is 36.2 Å². The van der Waals surface area contributed by atoms with Crippen LogP contribution in [0.4, 0.5) is 5.69 Å². The highest BCUT2D eigenvalue weighted by Gasteiger charge is 2.22. The van der Waals surface area contributed by atoms with Gasteiger partial charge in [0.1, 0.15) is 0 Å². The minimum atomic E-state index is 0.596. The average molecular weight is 280 g/mol. The van der Waals surface area contributed by atoms with Crippen LogP contribution in [0.15, 0.2) is 54.6 Å². The van der Waals surface area contributed by atoms with Gasteiger partial charge in [0.25, 0.3) is 0 Å². The van der Waals surface area contributed by atoms with E-state index in [4.69, 9.17) is 0 Å². The third kappa shape index (κ3) is 3.45. The van der Waals surface area contributed by atoms with E-state index >= 15 is 0 Å². The number of benzene rings is 2. The lowest BCUT2D eigenvalue weighted by Crippen LogP contribution is -2.42. The SMILES string of the molecule is CC1CC(Nc2ccc(-c3ccccc3)cc2)CCN1C. The molecular formula is C19H24N2. The van der Waals surface area contributed by atoms with E-state index in [1.54, 1.807) is 0 Å². The van der Waals surface area contributed by atoms with E-state index in [1.807, 2.05) is 0 Å². The molecule has 0 bridgehead atoms. The molecule has 2 aromatic rings. The fourth-order valence-electron chi connectivity index (χ4n) is 3.05. The Morgan fingerprint density at radius 3 is 2.29 bits per heavy atom. The van der Waals surface area contributed by atoms with E-state index in [0.717, 1.165) is 0 Å². The summed E-state index contributed by atoms with van der Waals surface area (Å²) < 4.78 is 0. The van der Waals surface area contributed by atoms with Crippen LogP contribution in [0, 0.1) is 0 Å². The summed E-state index contributed by atoms with van der Waals surface area (Å²) in [4.78, 5) is 2.44. The van der Waals surface area contributed by atoms with Crippen molar-refractivity contribution in [2.75, 3.05) is 18.9 Å². The zero-order chi connectivity index (χ0) is 14.7. The Labute approximate surface area is 127 Å². The van der Waals surface area contributed by atoms with Crippen molar-refractivity contribution in [2.24, 2.45) is 0 Å². The van der Waals surface area contributed by atoms with Crippen molar-refractivity contribution < 1.29 is 0 Å². The van der Waals surface area contributed by atoms with Crippen molar-refractivity contribution in [3.8, 4) is 11.1 Å². The van der Waals surface area contributed by atoms with Gasteiger partial charge in [0.15, 0.2) is 0 Å². The highest BCUT2D eigenvalue weighted by atomic mass is 15.1. The first-order valence-corrected chi connectivity index (χ1v) is 7.84. The Bertz CT molecular complexity index is 562. The number of hydrogen-bond acceptors (Lipinski definition) is 2. The minimum Gasteiger partial charge on any atom is -0.382 e. The fourth-order valence-corrected chi connectivity index (χ4v) is 3.05. The van der Waals surface area contributed by atoms with Crippen LogP contribution in [0.5, 0.6) is 0 Å². The van der Waals surface area contributed by atoms with Gasteiger partial charge in [-0.3, -0.25) is 0 Å². The van der Waals surface area contributed by atoms with Crippen LogP contribution in [0.25, 0.3) is 11.1 Å². The van der Waals surface area contributed by atoms with Gasteiger partial charge in [-0.1, -0.05) is 42.5 Å². The fraction of sp³-hybridized carbons (Fsp3) is 0.368. The molecule has 0 aromatic heterocycles. The first kappa shape index (κ1) is 14.2. The number of nitrogens with one attached hydrogen (secondary N) is 1. The highest BCUT2D eigenvalue weighted by molar-refractivity contribution is 5.65. The van der Waals surface area contributed by atoms with Crippen LogP contribution in [0.2, 0.25) is 0 Å². The van der Waals surface area contributed by atoms with Gasteiger partial charge in [-0.15, -0.1) is 0 Å². The maximum Gasteiger partial charge on any atom is 0.0342 e. The summed E-state index contributed by atoms with van der Waals surface area (Å²) in [6.07, 6.45) is 2.44. The summed E-state index contributed by atoms with van der Waals surface area (Å²) in [6.45, 7) is 3.49. The molecule has 0 aliphatic carbocycles. The first-order valence-electron chi connectivity index (χ1n) is 7.84. The summed E-state index contributed by atoms with van der Waals surface area (Å²) >= 11 is 0. The van der Waals surface area contributed by atoms with Gasteiger partial charge in [-0.05, 0) is 50.1 Å². The zero-order valence-electron chi connectivity index (χ0n) is 12.9. The zero-order valence-corrected chi connectivity index (χ0v) is 12.9. The van der Waals surface area contributed by atoms with Gasteiger partial charge in [-0.25, -0.2) is 0 Å². The standard InChI is InChI=1S/C19H24N2/c1-15-14-19(12-13-21(15)2)20-18-10-8-17(9-11-18)16-6-4-3-5-7-16/h3-11,15,19-20H,12-14H2,1-2H3. The van der Waals surface area contributed by atoms with Crippen molar-refractivity contribution in [3.63, 3.8) is 0 Å². The second-order valence-corrected chi connectivity index (χ2v) is 6.14. The Kier molecular flexibility index (Phi) is 4.26. The molecule has 2 heteroatoms. The van der Waals surface area contributed by atoms with Crippen molar-refractivity contribution in [1.29, 1.82) is 0 Å². The van der Waals surface area contributed by atoms with E-state index < -0.39 is 0 Å². The highest BCUT2D eigenvalue weighted by Crippen LogP contribution is 2.23. The van der Waals surface area contributed by atoms with Gasteiger partial charge in [0.05, 0.1) is 0 Å². The summed E-state index contributed by atoms with van der Waals surface area (Å²) in [5.41, 5.74) is 3.78. The Balaban J connectivity index is 1.65. The number of rotatable bonds is 3. The molecule has 2 atom stereocenters. The lowest BCUT2D eigenvalue weighted by Gasteiger charge is -2.35. The monoisotopic (exact) mass is 280 g/mol. The average Bonchev–Trinajstić information content (AvgIpc) is 2.53. The number of likely N-dealkylation sites (tertiary alicyclic amines) is 1. The van der Waals surface area contributed by atoms with E-state index in [-0.39, 0.29) is 0 Å². The molecule has 0 radical (unpaired) electrons. The van der Waals surface area contributed by atoms with Crippen LogP contribution in [0.3, 0.4) is 0 Å². The van der Waals surface area contributed by atoms with Gasteiger partial charge in [0, 0.05) is 24.3 Å². The number of nitrogens with zero attached hydrogens (tertiary/aromatic N) is 1. The molecule has 0 amide bonds. The van der Waals surface area contributed by atoms with Crippen molar-refractivity contribution in [2.45, 2.75) is 31.8 Å². The number of hydrogen-bond donors (Lipinski definition) is 1. The molecule has 110 valence electrons. The molecule has 1 fully saturated rings. The predicted octanol–water partition coefficient (Wildman–Crippen LogP) is 4.25. The summed E-state index contributed by atoms with van der Waals surface area (Å²) in [5, 5.41) is 3.68. The molecule has 1 heterocycles. The Morgan fingerprint density at radius 2 is 1.62 bits per heavy atom. The quantitative estimate of drug-likeness (QED) is 0.904. The number of piperidine rings is 1. The van der Waals surface area contributed by atoms with Crippen LogP contribution in [-0.4, -0.2) is 30.6 Å². The van der Waals surface area contributed by atoms with Crippen LogP contribution < -0.4 is 5.32 Å². The predicted molar refractivity (Wildman–Crippen MR) is 90.6 cm³/mol. The molecule has 2 nitrogen and oxygen atoms in total. The molecular weight excluding hydrogens is 256 g/mol. The molecule has 0 saturated carbocycles. The third-order valence-corrected chi connectivity index (χ3v) is 4.57. The van der Waals surface area contributed by atoms with Gasteiger partial charge < -0.3 is 10.2 Å². The molecule has 1 N–H and O–H groups in total. The van der Waals surface area contributed by atoms with Gasteiger partial charge >= 0.3 is 0 Å². The second-order valence-electron chi connectivity index (χ2n) is 6.14. The summed E-state index contributed by atoms with van der Waals surface area (Å²) in [6, 6.07) is 20.6. The van der Waals surface area contributed by atoms with E-state index in [9.17, 15) is 0 Å². The summed E-state index contributed by atoms with van der Waals surface area (Å²) in [7, 11) is 2.22.